The molecule has 2 aromatic rings. The van der Waals surface area contributed by atoms with Crippen LogP contribution < -0.4 is 5.32 Å². The number of nitrogens with one attached hydrogen (secondary N) is 1. The van der Waals surface area contributed by atoms with Crippen molar-refractivity contribution >= 4 is 40.5 Å². The molecule has 7 N–H and O–H groups in total. The molecule has 2 aromatic carbocycles. The molecule has 0 amide bonds. The summed E-state index contributed by atoms with van der Waals surface area (Å²) in [6.45, 7) is 2.92. The molecule has 6 unspecified atom stereocenters. The number of Topliss-reactive ketones (excluding diaryl/α,β-unsaturated/α-hetero) is 3. The lowest BCUT2D eigenvalue weighted by molar-refractivity contribution is -0.129. The van der Waals surface area contributed by atoms with E-state index in [0.717, 1.165) is 19.3 Å². The van der Waals surface area contributed by atoms with Gasteiger partial charge in [0, 0.05) is 50.5 Å². The minimum absolute atomic E-state index is 0.000539. The van der Waals surface area contributed by atoms with Crippen LogP contribution in [0.3, 0.4) is 0 Å². The van der Waals surface area contributed by atoms with Crippen molar-refractivity contribution in [3.63, 3.8) is 0 Å². The molecule has 0 saturated carbocycles. The van der Waals surface area contributed by atoms with Gasteiger partial charge in [-0.3, -0.25) is 19.2 Å². The minimum atomic E-state index is -3.34. The highest BCUT2D eigenvalue weighted by molar-refractivity contribution is 6.36. The fraction of sp³-hybridized carbons (Fsp3) is 0.364. The Morgan fingerprint density at radius 2 is 1.63 bits per heavy atom. The van der Waals surface area contributed by atoms with Crippen LogP contribution >= 0.6 is 0 Å². The molecule has 18 nitrogen and oxygen atoms in total. The number of carbonyl (C=O) groups excluding carboxylic acids is 4. The van der Waals surface area contributed by atoms with Gasteiger partial charge in [0.1, 0.15) is 40.7 Å². The summed E-state index contributed by atoms with van der Waals surface area (Å²) in [5, 5.41) is 73.9. The molecule has 0 radical (unpaired) electrons. The number of benzene rings is 2. The average molecular weight is 710 g/mol. The number of aromatic hydroxyl groups is 2. The number of fused-ring (bicyclic) bond motifs is 5. The van der Waals surface area contributed by atoms with Gasteiger partial charge in [-0.2, -0.15) is 0 Å². The topological polar surface area (TPSA) is 280 Å². The molecule has 1 heterocycles. The lowest BCUT2D eigenvalue weighted by Gasteiger charge is -2.50. The Morgan fingerprint density at radius 3 is 2.20 bits per heavy atom. The van der Waals surface area contributed by atoms with E-state index in [4.69, 9.17) is 18.9 Å². The Kier molecular flexibility index (Phi) is 8.35. The second-order valence-electron chi connectivity index (χ2n) is 12.3. The number of carbonyl (C=O) groups is 5. The summed E-state index contributed by atoms with van der Waals surface area (Å²) in [6, 6.07) is 2.01. The standard InChI is InChI=1S/C33H31N3O15/c1-10-6-12-7-17(35-46)33(50-5)29(42)20-14(28(41)32(33,45)21(12)25(40)18(10)31(43)44)8-13-19(24(20)39)16(37)9-15(23(13)38)34-30-27(49-4)22(36-47)26(48-3)11(2)51-30/h6,8-9,11,26-27,30,34,39-40,45-47H,7H2,1-5H3,(H,43,44)/b35-17-,36-22-. The Labute approximate surface area is 287 Å². The summed E-state index contributed by atoms with van der Waals surface area (Å²) in [5.74, 6) is -8.73. The van der Waals surface area contributed by atoms with Crippen LogP contribution in [0.4, 0.5) is 0 Å². The first kappa shape index (κ1) is 35.3. The number of rotatable bonds is 6. The van der Waals surface area contributed by atoms with E-state index in [9.17, 15) is 54.8 Å². The number of methoxy groups -OCH3 is 3. The zero-order chi connectivity index (χ0) is 37.5. The van der Waals surface area contributed by atoms with Gasteiger partial charge in [0.15, 0.2) is 17.6 Å². The molecule has 1 saturated heterocycles. The molecule has 1 fully saturated rings. The van der Waals surface area contributed by atoms with Crippen molar-refractivity contribution in [2.45, 2.75) is 56.0 Å². The molecule has 4 aliphatic rings. The monoisotopic (exact) mass is 709 g/mol. The molecular weight excluding hydrogens is 678 g/mol. The van der Waals surface area contributed by atoms with Crippen LogP contribution in [0.1, 0.15) is 75.4 Å². The molecule has 1 aliphatic heterocycles. The highest BCUT2D eigenvalue weighted by atomic mass is 16.6. The number of ether oxygens (including phenoxy) is 4. The van der Waals surface area contributed by atoms with Crippen molar-refractivity contribution in [2.24, 2.45) is 10.3 Å². The second-order valence-corrected chi connectivity index (χ2v) is 12.3. The molecule has 0 aromatic heterocycles. The fourth-order valence-corrected chi connectivity index (χ4v) is 7.67. The number of phenolic OH excluding ortho intramolecular Hbond substituents is 1. The van der Waals surface area contributed by atoms with E-state index in [2.05, 4.69) is 15.6 Å². The van der Waals surface area contributed by atoms with Crippen LogP contribution in [0.2, 0.25) is 0 Å². The SMILES string of the molecule is COC1/C(=N/O)C(OC)C(NC2=CC(=O)c3c(cc4c(c3O)C(=O)C3(OC)/C(=N\O)Cc5cc(C)c(C(=O)O)c(O)c5C3(O)C4=O)C2=O)OC1C. The number of allylic oxidation sites excluding steroid dienone is 2. The van der Waals surface area contributed by atoms with E-state index in [-0.39, 0.29) is 16.8 Å². The molecular formula is C33H31N3O15. The van der Waals surface area contributed by atoms with Gasteiger partial charge in [-0.1, -0.05) is 16.4 Å². The van der Waals surface area contributed by atoms with Crippen LogP contribution in [0.5, 0.6) is 11.5 Å². The van der Waals surface area contributed by atoms with E-state index in [1.54, 1.807) is 6.92 Å². The average Bonchev–Trinajstić information content (AvgIpc) is 3.08. The first-order valence-electron chi connectivity index (χ1n) is 15.2. The number of aryl methyl sites for hydroxylation is 1. The van der Waals surface area contributed by atoms with Gasteiger partial charge < -0.3 is 55.1 Å². The number of carboxylic acid groups (broad SMARTS) is 1. The fourth-order valence-electron chi connectivity index (χ4n) is 7.67. The molecule has 51 heavy (non-hydrogen) atoms. The number of hydrogen-bond acceptors (Lipinski definition) is 17. The highest BCUT2D eigenvalue weighted by Gasteiger charge is 2.72. The first-order valence-corrected chi connectivity index (χ1v) is 15.2. The van der Waals surface area contributed by atoms with Gasteiger partial charge in [0.25, 0.3) is 0 Å². The second kappa shape index (κ2) is 12.1. The molecule has 18 heteroatoms. The smallest absolute Gasteiger partial charge is 0.339 e. The summed E-state index contributed by atoms with van der Waals surface area (Å²) in [7, 11) is 3.48. The summed E-state index contributed by atoms with van der Waals surface area (Å²) in [4.78, 5) is 68.7. The number of aliphatic hydroxyl groups is 1. The lowest BCUT2D eigenvalue weighted by atomic mass is 9.57. The maximum absolute atomic E-state index is 14.6. The number of hydrogen-bond donors (Lipinski definition) is 7. The number of phenols is 2. The minimum Gasteiger partial charge on any atom is -0.507 e. The predicted molar refractivity (Wildman–Crippen MR) is 168 cm³/mol. The number of aromatic carboxylic acids is 1. The largest absolute Gasteiger partial charge is 0.507 e. The van der Waals surface area contributed by atoms with Crippen LogP contribution in [-0.4, -0.2) is 123 Å². The number of carboxylic acids is 1. The van der Waals surface area contributed by atoms with Crippen molar-refractivity contribution in [3.8, 4) is 11.5 Å². The van der Waals surface area contributed by atoms with Crippen molar-refractivity contribution in [3.05, 3.63) is 68.4 Å². The first-order chi connectivity index (χ1) is 24.1. The zero-order valence-corrected chi connectivity index (χ0v) is 27.5. The maximum atomic E-state index is 14.6. The summed E-state index contributed by atoms with van der Waals surface area (Å²) in [5.41, 5.74) is -11.9. The van der Waals surface area contributed by atoms with E-state index in [1.165, 1.54) is 27.2 Å². The molecule has 268 valence electrons. The Bertz CT molecular complexity index is 2070. The van der Waals surface area contributed by atoms with E-state index in [1.807, 2.05) is 0 Å². The number of ketones is 4. The van der Waals surface area contributed by atoms with Gasteiger partial charge in [-0.15, -0.1) is 0 Å². The third-order valence-electron chi connectivity index (χ3n) is 9.85. The Balaban J connectivity index is 1.53. The van der Waals surface area contributed by atoms with Crippen molar-refractivity contribution in [1.82, 2.24) is 5.32 Å². The summed E-state index contributed by atoms with van der Waals surface area (Å²) in [6.07, 6.45) is -3.71. The predicted octanol–water partition coefficient (Wildman–Crippen LogP) is 0.600. The number of oxime groups is 2. The van der Waals surface area contributed by atoms with Gasteiger partial charge in [-0.25, -0.2) is 4.79 Å². The van der Waals surface area contributed by atoms with Crippen LogP contribution in [0, 0.1) is 6.92 Å². The molecule has 6 atom stereocenters. The van der Waals surface area contributed by atoms with Gasteiger partial charge in [0.2, 0.25) is 23.0 Å². The third kappa shape index (κ3) is 4.44. The maximum Gasteiger partial charge on any atom is 0.339 e. The Hall–Kier alpha value is -5.53. The lowest BCUT2D eigenvalue weighted by Crippen LogP contribution is -2.71. The van der Waals surface area contributed by atoms with Gasteiger partial charge in [-0.05, 0) is 31.0 Å². The third-order valence-corrected chi connectivity index (χ3v) is 9.85. The van der Waals surface area contributed by atoms with Gasteiger partial charge >= 0.3 is 5.97 Å². The molecule has 0 bridgehead atoms. The zero-order valence-electron chi connectivity index (χ0n) is 27.5. The molecule has 6 rings (SSSR count). The van der Waals surface area contributed by atoms with Crippen molar-refractivity contribution in [2.75, 3.05) is 21.3 Å². The van der Waals surface area contributed by atoms with Crippen molar-refractivity contribution < 1.29 is 73.8 Å². The van der Waals surface area contributed by atoms with E-state index >= 15 is 0 Å². The molecule has 3 aliphatic carbocycles. The highest BCUT2D eigenvalue weighted by Crippen LogP contribution is 2.55. The van der Waals surface area contributed by atoms with Crippen LogP contribution in [0.15, 0.2) is 34.2 Å². The quantitative estimate of drug-likeness (QED) is 0.160. The van der Waals surface area contributed by atoms with Crippen LogP contribution in [-0.2, 0) is 31.0 Å². The summed E-state index contributed by atoms with van der Waals surface area (Å²) < 4.78 is 22.1. The van der Waals surface area contributed by atoms with E-state index < -0.39 is 128 Å². The van der Waals surface area contributed by atoms with Crippen molar-refractivity contribution in [1.29, 1.82) is 0 Å². The van der Waals surface area contributed by atoms with Gasteiger partial charge in [0.05, 0.1) is 22.9 Å². The normalized spacial score (nSPS) is 30.0. The van der Waals surface area contributed by atoms with Crippen LogP contribution in [0.25, 0.3) is 0 Å². The molecule has 0 spiro atoms. The summed E-state index contributed by atoms with van der Waals surface area (Å²) >= 11 is 0. The Morgan fingerprint density at radius 1 is 0.961 bits per heavy atom. The number of nitrogens with zero attached hydrogens (tertiary/aromatic N) is 2. The van der Waals surface area contributed by atoms with E-state index in [0.29, 0.717) is 0 Å².